The van der Waals surface area contributed by atoms with Gasteiger partial charge in [-0.05, 0) is 29.8 Å². The van der Waals surface area contributed by atoms with Crippen LogP contribution in [0, 0.1) is 0 Å². The van der Waals surface area contributed by atoms with E-state index in [0.717, 1.165) is 17.0 Å². The number of hydrogen-bond acceptors (Lipinski definition) is 5. The standard InChI is InChI=1S/C21H20N4O2/c1-2-12-22-21(26)19-13-20(24-15-23-19)25-17-8-10-18(11-9-17)27-14-16-6-4-3-5-7-16/h2-11,13,15H,1,12,14H2,(H,22,26)(H,23,24,25). The number of carbonyl (C=O) groups excluding carboxylic acids is 1. The summed E-state index contributed by atoms with van der Waals surface area (Å²) in [7, 11) is 0. The summed E-state index contributed by atoms with van der Waals surface area (Å²) < 4.78 is 5.77. The third-order valence-corrected chi connectivity index (χ3v) is 3.68. The molecule has 0 aliphatic rings. The lowest BCUT2D eigenvalue weighted by Crippen LogP contribution is -2.24. The van der Waals surface area contributed by atoms with Gasteiger partial charge in [-0.15, -0.1) is 6.58 Å². The number of ether oxygens (including phenoxy) is 1. The van der Waals surface area contributed by atoms with Crippen LogP contribution in [-0.4, -0.2) is 22.4 Å². The Morgan fingerprint density at radius 2 is 1.85 bits per heavy atom. The minimum Gasteiger partial charge on any atom is -0.489 e. The molecule has 0 bridgehead atoms. The number of anilines is 2. The molecule has 0 saturated heterocycles. The number of aromatic nitrogens is 2. The summed E-state index contributed by atoms with van der Waals surface area (Å²) in [6, 6.07) is 19.1. The number of rotatable bonds is 8. The van der Waals surface area contributed by atoms with Gasteiger partial charge in [-0.2, -0.15) is 0 Å². The van der Waals surface area contributed by atoms with Crippen molar-refractivity contribution in [2.24, 2.45) is 0 Å². The van der Waals surface area contributed by atoms with Crippen molar-refractivity contribution in [3.8, 4) is 5.75 Å². The summed E-state index contributed by atoms with van der Waals surface area (Å²) in [4.78, 5) is 20.1. The van der Waals surface area contributed by atoms with Crippen LogP contribution in [0.15, 0.2) is 79.6 Å². The fourth-order valence-electron chi connectivity index (χ4n) is 2.33. The van der Waals surface area contributed by atoms with Crippen molar-refractivity contribution in [1.29, 1.82) is 0 Å². The average Bonchev–Trinajstić information content (AvgIpc) is 2.72. The molecular weight excluding hydrogens is 340 g/mol. The monoisotopic (exact) mass is 360 g/mol. The number of hydrogen-bond donors (Lipinski definition) is 2. The summed E-state index contributed by atoms with van der Waals surface area (Å²) >= 11 is 0. The third-order valence-electron chi connectivity index (χ3n) is 3.68. The molecule has 1 amide bonds. The Kier molecular flexibility index (Phi) is 6.14. The zero-order valence-electron chi connectivity index (χ0n) is 14.8. The molecule has 0 aliphatic carbocycles. The quantitative estimate of drug-likeness (QED) is 0.599. The van der Waals surface area contributed by atoms with Gasteiger partial charge in [0, 0.05) is 18.3 Å². The predicted molar refractivity (Wildman–Crippen MR) is 105 cm³/mol. The smallest absolute Gasteiger partial charge is 0.270 e. The molecule has 0 unspecified atom stereocenters. The first-order valence-corrected chi connectivity index (χ1v) is 8.49. The highest BCUT2D eigenvalue weighted by atomic mass is 16.5. The van der Waals surface area contributed by atoms with Gasteiger partial charge < -0.3 is 15.4 Å². The molecule has 1 heterocycles. The fraction of sp³-hybridized carbons (Fsp3) is 0.0952. The van der Waals surface area contributed by atoms with Crippen molar-refractivity contribution in [2.75, 3.05) is 11.9 Å². The molecular formula is C21H20N4O2. The number of amides is 1. The number of carbonyl (C=O) groups is 1. The molecule has 2 N–H and O–H groups in total. The minimum atomic E-state index is -0.273. The van der Waals surface area contributed by atoms with Gasteiger partial charge in [0.2, 0.25) is 0 Å². The molecule has 6 nitrogen and oxygen atoms in total. The van der Waals surface area contributed by atoms with Crippen molar-refractivity contribution in [1.82, 2.24) is 15.3 Å². The highest BCUT2D eigenvalue weighted by Gasteiger charge is 2.07. The SMILES string of the molecule is C=CCNC(=O)c1cc(Nc2ccc(OCc3ccccc3)cc2)ncn1. The highest BCUT2D eigenvalue weighted by molar-refractivity contribution is 5.93. The van der Waals surface area contributed by atoms with Crippen molar-refractivity contribution < 1.29 is 9.53 Å². The van der Waals surface area contributed by atoms with Crippen LogP contribution in [0.25, 0.3) is 0 Å². The molecule has 0 atom stereocenters. The molecule has 3 rings (SSSR count). The zero-order chi connectivity index (χ0) is 18.9. The second kappa shape index (κ2) is 9.15. The fourth-order valence-corrected chi connectivity index (χ4v) is 2.33. The van der Waals surface area contributed by atoms with Crippen LogP contribution in [0.1, 0.15) is 16.1 Å². The van der Waals surface area contributed by atoms with E-state index >= 15 is 0 Å². The summed E-state index contributed by atoms with van der Waals surface area (Å²) in [5.41, 5.74) is 2.23. The molecule has 6 heteroatoms. The molecule has 3 aromatic rings. The second-order valence-electron chi connectivity index (χ2n) is 5.71. The first-order chi connectivity index (χ1) is 13.2. The Bertz CT molecular complexity index is 896. The maximum Gasteiger partial charge on any atom is 0.270 e. The van der Waals surface area contributed by atoms with Gasteiger partial charge in [0.05, 0.1) is 0 Å². The van der Waals surface area contributed by atoms with E-state index in [-0.39, 0.29) is 11.6 Å². The number of nitrogens with one attached hydrogen (secondary N) is 2. The molecule has 1 aromatic heterocycles. The Labute approximate surface area is 157 Å². The van der Waals surface area contributed by atoms with Gasteiger partial charge in [-0.1, -0.05) is 36.4 Å². The van der Waals surface area contributed by atoms with Crippen molar-refractivity contribution >= 4 is 17.4 Å². The van der Waals surface area contributed by atoms with Crippen molar-refractivity contribution in [2.45, 2.75) is 6.61 Å². The second-order valence-corrected chi connectivity index (χ2v) is 5.71. The van der Waals surface area contributed by atoms with Crippen LogP contribution < -0.4 is 15.4 Å². The Morgan fingerprint density at radius 3 is 2.59 bits per heavy atom. The average molecular weight is 360 g/mol. The lowest BCUT2D eigenvalue weighted by molar-refractivity contribution is 0.0953. The van der Waals surface area contributed by atoms with Crippen LogP contribution in [0.2, 0.25) is 0 Å². The van der Waals surface area contributed by atoms with Gasteiger partial charge in [0.15, 0.2) is 0 Å². The number of nitrogens with zero attached hydrogens (tertiary/aromatic N) is 2. The molecule has 0 aliphatic heterocycles. The van der Waals surface area contributed by atoms with Gasteiger partial charge in [-0.3, -0.25) is 4.79 Å². The largest absolute Gasteiger partial charge is 0.489 e. The topological polar surface area (TPSA) is 76.1 Å². The van der Waals surface area contributed by atoms with Gasteiger partial charge in [0.25, 0.3) is 5.91 Å². The molecule has 0 fully saturated rings. The van der Waals surface area contributed by atoms with E-state index in [0.29, 0.717) is 19.0 Å². The summed E-state index contributed by atoms with van der Waals surface area (Å²) in [6.07, 6.45) is 2.96. The predicted octanol–water partition coefficient (Wildman–Crippen LogP) is 3.72. The van der Waals surface area contributed by atoms with E-state index in [1.807, 2.05) is 54.6 Å². The summed E-state index contributed by atoms with van der Waals surface area (Å²) in [5.74, 6) is 1.04. The molecule has 2 aromatic carbocycles. The van der Waals surface area contributed by atoms with E-state index in [9.17, 15) is 4.79 Å². The van der Waals surface area contributed by atoms with Gasteiger partial charge in [0.1, 0.15) is 30.2 Å². The zero-order valence-corrected chi connectivity index (χ0v) is 14.8. The van der Waals surface area contributed by atoms with Crippen LogP contribution in [0.5, 0.6) is 5.75 Å². The number of benzene rings is 2. The molecule has 0 radical (unpaired) electrons. The van der Waals surface area contributed by atoms with Gasteiger partial charge >= 0.3 is 0 Å². The van der Waals surface area contributed by atoms with E-state index in [2.05, 4.69) is 27.2 Å². The lowest BCUT2D eigenvalue weighted by atomic mass is 10.2. The lowest BCUT2D eigenvalue weighted by Gasteiger charge is -2.09. The maximum absolute atomic E-state index is 11.9. The maximum atomic E-state index is 11.9. The minimum absolute atomic E-state index is 0.273. The van der Waals surface area contributed by atoms with Crippen molar-refractivity contribution in [3.63, 3.8) is 0 Å². The molecule has 0 saturated carbocycles. The molecule has 0 spiro atoms. The Morgan fingerprint density at radius 1 is 1.07 bits per heavy atom. The Hall–Kier alpha value is -3.67. The van der Waals surface area contributed by atoms with E-state index in [1.165, 1.54) is 6.33 Å². The summed E-state index contributed by atoms with van der Waals surface area (Å²) in [5, 5.41) is 5.83. The van der Waals surface area contributed by atoms with Crippen LogP contribution in [0.4, 0.5) is 11.5 Å². The van der Waals surface area contributed by atoms with E-state index in [4.69, 9.17) is 4.74 Å². The van der Waals surface area contributed by atoms with E-state index in [1.54, 1.807) is 12.1 Å². The van der Waals surface area contributed by atoms with Crippen LogP contribution in [0.3, 0.4) is 0 Å². The first-order valence-electron chi connectivity index (χ1n) is 8.49. The van der Waals surface area contributed by atoms with E-state index < -0.39 is 0 Å². The van der Waals surface area contributed by atoms with Crippen molar-refractivity contribution in [3.05, 3.63) is 90.9 Å². The third kappa shape index (κ3) is 5.40. The highest BCUT2D eigenvalue weighted by Crippen LogP contribution is 2.20. The van der Waals surface area contributed by atoms with Crippen LogP contribution in [-0.2, 0) is 6.61 Å². The first kappa shape index (κ1) is 18.1. The Balaban J connectivity index is 1.59. The summed E-state index contributed by atoms with van der Waals surface area (Å²) in [6.45, 7) is 4.47. The molecule has 136 valence electrons. The van der Waals surface area contributed by atoms with Gasteiger partial charge in [-0.25, -0.2) is 9.97 Å². The van der Waals surface area contributed by atoms with Crippen LogP contribution >= 0.6 is 0 Å². The normalized spacial score (nSPS) is 10.1. The molecule has 27 heavy (non-hydrogen) atoms.